The summed E-state index contributed by atoms with van der Waals surface area (Å²) in [4.78, 5) is 2.53. The van der Waals surface area contributed by atoms with Crippen molar-refractivity contribution in [2.75, 3.05) is 25.0 Å². The lowest BCUT2D eigenvalue weighted by atomic mass is 9.93. The quantitative estimate of drug-likeness (QED) is 0.881. The molecule has 2 rings (SSSR count). The lowest BCUT2D eigenvalue weighted by Crippen LogP contribution is -2.47. The molecule has 2 atom stereocenters. The van der Waals surface area contributed by atoms with Gasteiger partial charge in [0.15, 0.2) is 0 Å². The molecule has 18 heavy (non-hydrogen) atoms. The summed E-state index contributed by atoms with van der Waals surface area (Å²) in [5.41, 5.74) is 2.83. The van der Waals surface area contributed by atoms with Crippen LogP contribution in [0.4, 0.5) is 5.69 Å². The summed E-state index contributed by atoms with van der Waals surface area (Å²) in [7, 11) is 2.08. The molecule has 0 bridgehead atoms. The number of rotatable bonds is 3. The Labute approximate surface area is 111 Å². The smallest absolute Gasteiger partial charge is 0.0369 e. The normalized spacial score (nSPS) is 24.6. The molecule has 1 saturated heterocycles. The van der Waals surface area contributed by atoms with Gasteiger partial charge in [-0.05, 0) is 43.0 Å². The summed E-state index contributed by atoms with van der Waals surface area (Å²) in [6.45, 7) is 9.19. The fourth-order valence-corrected chi connectivity index (χ4v) is 2.89. The van der Waals surface area contributed by atoms with Gasteiger partial charge in [-0.1, -0.05) is 32.9 Å². The van der Waals surface area contributed by atoms with Crippen molar-refractivity contribution < 1.29 is 0 Å². The molecule has 100 valence electrons. The highest BCUT2D eigenvalue weighted by Crippen LogP contribution is 2.26. The standard InChI is InChI=1S/C16H26N2/c1-12(2)14-6-5-7-15(10-14)18-9-8-16(17-4)13(3)11-18/h5-7,10,12-13,16-17H,8-9,11H2,1-4H3. The van der Waals surface area contributed by atoms with Crippen LogP contribution in [0.2, 0.25) is 0 Å². The average molecular weight is 246 g/mol. The van der Waals surface area contributed by atoms with Crippen molar-refractivity contribution in [2.24, 2.45) is 5.92 Å². The van der Waals surface area contributed by atoms with Crippen molar-refractivity contribution in [3.8, 4) is 0 Å². The highest BCUT2D eigenvalue weighted by molar-refractivity contribution is 5.49. The number of nitrogens with one attached hydrogen (secondary N) is 1. The first-order chi connectivity index (χ1) is 8.61. The summed E-state index contributed by atoms with van der Waals surface area (Å²) in [5.74, 6) is 1.32. The molecule has 2 heteroatoms. The number of benzene rings is 1. The number of hydrogen-bond donors (Lipinski definition) is 1. The van der Waals surface area contributed by atoms with Crippen LogP contribution < -0.4 is 10.2 Å². The van der Waals surface area contributed by atoms with E-state index in [1.54, 1.807) is 0 Å². The fraction of sp³-hybridized carbons (Fsp3) is 0.625. The zero-order chi connectivity index (χ0) is 13.1. The van der Waals surface area contributed by atoms with Gasteiger partial charge in [0.05, 0.1) is 0 Å². The number of anilines is 1. The summed E-state index contributed by atoms with van der Waals surface area (Å²) in [5, 5.41) is 3.43. The van der Waals surface area contributed by atoms with E-state index in [1.807, 2.05) is 0 Å². The van der Waals surface area contributed by atoms with Crippen LogP contribution in [0.5, 0.6) is 0 Å². The minimum atomic E-state index is 0.609. The van der Waals surface area contributed by atoms with E-state index in [2.05, 4.69) is 62.3 Å². The van der Waals surface area contributed by atoms with Crippen LogP contribution >= 0.6 is 0 Å². The van der Waals surface area contributed by atoms with Gasteiger partial charge in [0.1, 0.15) is 0 Å². The van der Waals surface area contributed by atoms with Crippen LogP contribution in [0.15, 0.2) is 24.3 Å². The summed E-state index contributed by atoms with van der Waals surface area (Å²) in [6, 6.07) is 9.71. The minimum absolute atomic E-state index is 0.609. The third-order valence-corrected chi connectivity index (χ3v) is 4.18. The SMILES string of the molecule is CNC1CCN(c2cccc(C(C)C)c2)CC1C. The molecule has 0 aliphatic carbocycles. The van der Waals surface area contributed by atoms with Gasteiger partial charge >= 0.3 is 0 Å². The van der Waals surface area contributed by atoms with Crippen LogP contribution in [-0.2, 0) is 0 Å². The molecular weight excluding hydrogens is 220 g/mol. The van der Waals surface area contributed by atoms with Crippen molar-refractivity contribution in [3.05, 3.63) is 29.8 Å². The largest absolute Gasteiger partial charge is 0.371 e. The molecule has 1 aliphatic heterocycles. The summed E-state index contributed by atoms with van der Waals surface area (Å²) >= 11 is 0. The van der Waals surface area contributed by atoms with E-state index in [-0.39, 0.29) is 0 Å². The Hall–Kier alpha value is -1.02. The second kappa shape index (κ2) is 5.75. The molecule has 2 unspecified atom stereocenters. The molecule has 2 nitrogen and oxygen atoms in total. The zero-order valence-electron chi connectivity index (χ0n) is 12.1. The van der Waals surface area contributed by atoms with E-state index in [0.717, 1.165) is 13.1 Å². The number of piperidine rings is 1. The van der Waals surface area contributed by atoms with Gasteiger partial charge < -0.3 is 10.2 Å². The van der Waals surface area contributed by atoms with Crippen molar-refractivity contribution in [1.82, 2.24) is 5.32 Å². The Morgan fingerprint density at radius 3 is 2.72 bits per heavy atom. The topological polar surface area (TPSA) is 15.3 Å². The maximum absolute atomic E-state index is 3.43. The third kappa shape index (κ3) is 2.86. The average Bonchev–Trinajstić information content (AvgIpc) is 2.38. The summed E-state index contributed by atoms with van der Waals surface area (Å²) in [6.07, 6.45) is 1.24. The minimum Gasteiger partial charge on any atom is -0.371 e. The highest BCUT2D eigenvalue weighted by Gasteiger charge is 2.24. The molecule has 1 heterocycles. The zero-order valence-corrected chi connectivity index (χ0v) is 12.1. The molecule has 1 fully saturated rings. The maximum atomic E-state index is 3.43. The highest BCUT2D eigenvalue weighted by atomic mass is 15.2. The van der Waals surface area contributed by atoms with Crippen molar-refractivity contribution in [3.63, 3.8) is 0 Å². The molecule has 1 aliphatic rings. The third-order valence-electron chi connectivity index (χ3n) is 4.18. The van der Waals surface area contributed by atoms with Crippen molar-refractivity contribution in [2.45, 2.75) is 39.2 Å². The first-order valence-corrected chi connectivity index (χ1v) is 7.14. The van der Waals surface area contributed by atoms with Crippen LogP contribution in [0.1, 0.15) is 38.7 Å². The van der Waals surface area contributed by atoms with Crippen LogP contribution in [-0.4, -0.2) is 26.2 Å². The Balaban J connectivity index is 2.10. The first kappa shape index (κ1) is 13.4. The first-order valence-electron chi connectivity index (χ1n) is 7.14. The Morgan fingerprint density at radius 2 is 2.11 bits per heavy atom. The van der Waals surface area contributed by atoms with E-state index in [4.69, 9.17) is 0 Å². The molecule has 0 spiro atoms. The maximum Gasteiger partial charge on any atom is 0.0369 e. The molecule has 1 aromatic carbocycles. The van der Waals surface area contributed by atoms with E-state index in [0.29, 0.717) is 17.9 Å². The lowest BCUT2D eigenvalue weighted by Gasteiger charge is -2.38. The molecule has 1 aromatic rings. The molecule has 0 amide bonds. The van der Waals surface area contributed by atoms with E-state index in [1.165, 1.54) is 17.7 Å². The van der Waals surface area contributed by atoms with Crippen LogP contribution in [0.25, 0.3) is 0 Å². The predicted octanol–water partition coefficient (Wildman–Crippen LogP) is 3.24. The van der Waals surface area contributed by atoms with Crippen molar-refractivity contribution in [1.29, 1.82) is 0 Å². The van der Waals surface area contributed by atoms with Crippen LogP contribution in [0, 0.1) is 5.92 Å². The monoisotopic (exact) mass is 246 g/mol. The Kier molecular flexibility index (Phi) is 4.28. The van der Waals surface area contributed by atoms with Gasteiger partial charge in [-0.3, -0.25) is 0 Å². The van der Waals surface area contributed by atoms with Gasteiger partial charge in [0, 0.05) is 24.8 Å². The Bertz CT molecular complexity index is 386. The van der Waals surface area contributed by atoms with E-state index < -0.39 is 0 Å². The van der Waals surface area contributed by atoms with Gasteiger partial charge in [0.25, 0.3) is 0 Å². The predicted molar refractivity (Wildman–Crippen MR) is 79.4 cm³/mol. The van der Waals surface area contributed by atoms with Gasteiger partial charge in [-0.2, -0.15) is 0 Å². The number of hydrogen-bond acceptors (Lipinski definition) is 2. The molecular formula is C16H26N2. The van der Waals surface area contributed by atoms with Gasteiger partial charge in [-0.25, -0.2) is 0 Å². The van der Waals surface area contributed by atoms with Crippen molar-refractivity contribution >= 4 is 5.69 Å². The molecule has 1 N–H and O–H groups in total. The van der Waals surface area contributed by atoms with E-state index >= 15 is 0 Å². The molecule has 0 radical (unpaired) electrons. The fourth-order valence-electron chi connectivity index (χ4n) is 2.89. The van der Waals surface area contributed by atoms with E-state index in [9.17, 15) is 0 Å². The van der Waals surface area contributed by atoms with Crippen LogP contribution in [0.3, 0.4) is 0 Å². The molecule has 0 aromatic heterocycles. The molecule has 0 saturated carbocycles. The van der Waals surface area contributed by atoms with Gasteiger partial charge in [0.2, 0.25) is 0 Å². The van der Waals surface area contributed by atoms with Gasteiger partial charge in [-0.15, -0.1) is 0 Å². The Morgan fingerprint density at radius 1 is 1.33 bits per heavy atom. The lowest BCUT2D eigenvalue weighted by molar-refractivity contribution is 0.339. The summed E-state index contributed by atoms with van der Waals surface area (Å²) < 4.78 is 0. The second-order valence-electron chi connectivity index (χ2n) is 5.86. The second-order valence-corrected chi connectivity index (χ2v) is 5.86. The number of nitrogens with zero attached hydrogens (tertiary/aromatic N) is 1.